The highest BCUT2D eigenvalue weighted by atomic mass is 16.2. The van der Waals surface area contributed by atoms with Gasteiger partial charge in [0.15, 0.2) is 0 Å². The first kappa shape index (κ1) is 13.2. The van der Waals surface area contributed by atoms with E-state index in [2.05, 4.69) is 22.4 Å². The molecule has 1 aliphatic heterocycles. The minimum Gasteiger partial charge on any atom is -0.343 e. The lowest BCUT2D eigenvalue weighted by atomic mass is 10.0. The molecule has 1 atom stereocenters. The van der Waals surface area contributed by atoms with Crippen molar-refractivity contribution >= 4 is 5.91 Å². The predicted octanol–water partition coefficient (Wildman–Crippen LogP) is 2.33. The lowest BCUT2D eigenvalue weighted by molar-refractivity contribution is -0.133. The molecule has 2 fully saturated rings. The average molecular weight is 262 g/mol. The van der Waals surface area contributed by atoms with Gasteiger partial charge in [0, 0.05) is 25.6 Å². The summed E-state index contributed by atoms with van der Waals surface area (Å²) in [5.41, 5.74) is 0. The zero-order chi connectivity index (χ0) is 13.1. The molecular weight excluding hydrogens is 236 g/mol. The largest absolute Gasteiger partial charge is 0.343 e. The van der Waals surface area contributed by atoms with Crippen LogP contribution in [0.25, 0.3) is 0 Å². The fourth-order valence-corrected chi connectivity index (χ4v) is 3.21. The summed E-state index contributed by atoms with van der Waals surface area (Å²) in [6.07, 6.45) is 12.6. The second-order valence-corrected chi connectivity index (χ2v) is 6.48. The normalized spacial score (nSPS) is 28.0. The van der Waals surface area contributed by atoms with Crippen molar-refractivity contribution in [2.45, 2.75) is 51.0 Å². The lowest BCUT2D eigenvalue weighted by Gasteiger charge is -2.33. The minimum absolute atomic E-state index is 0.372. The van der Waals surface area contributed by atoms with E-state index in [9.17, 15) is 4.79 Å². The fraction of sp³-hybridized carbons (Fsp3) is 0.812. The quantitative estimate of drug-likeness (QED) is 0.771. The molecule has 3 aliphatic rings. The number of carbonyl (C=O) groups excluding carboxylic acids is 1. The first-order valence-corrected chi connectivity index (χ1v) is 7.99. The maximum Gasteiger partial charge on any atom is 0.223 e. The van der Waals surface area contributed by atoms with Gasteiger partial charge in [-0.1, -0.05) is 12.2 Å². The molecule has 1 unspecified atom stereocenters. The lowest BCUT2D eigenvalue weighted by Crippen LogP contribution is -2.45. The third kappa shape index (κ3) is 3.82. The number of nitrogens with zero attached hydrogens (tertiary/aromatic N) is 1. The second-order valence-electron chi connectivity index (χ2n) is 6.48. The van der Waals surface area contributed by atoms with Crippen molar-refractivity contribution in [1.29, 1.82) is 0 Å². The summed E-state index contributed by atoms with van der Waals surface area (Å²) < 4.78 is 0. The van der Waals surface area contributed by atoms with Crippen molar-refractivity contribution in [2.24, 2.45) is 11.8 Å². The van der Waals surface area contributed by atoms with E-state index in [1.807, 2.05) is 0 Å². The van der Waals surface area contributed by atoms with Gasteiger partial charge >= 0.3 is 0 Å². The number of hydrogen-bond donors (Lipinski definition) is 1. The van der Waals surface area contributed by atoms with Gasteiger partial charge in [-0.15, -0.1) is 0 Å². The number of rotatable bonds is 5. The fourth-order valence-electron chi connectivity index (χ4n) is 3.21. The van der Waals surface area contributed by atoms with Gasteiger partial charge in [0.25, 0.3) is 0 Å². The van der Waals surface area contributed by atoms with E-state index < -0.39 is 0 Å². The van der Waals surface area contributed by atoms with E-state index in [1.54, 1.807) is 0 Å². The maximum absolute atomic E-state index is 12.2. The number of allylic oxidation sites excluding steroid dienone is 2. The molecule has 1 amide bonds. The van der Waals surface area contributed by atoms with E-state index in [-0.39, 0.29) is 0 Å². The topological polar surface area (TPSA) is 32.3 Å². The standard InChI is InChI=1S/C16H26N2O/c19-16(11-13-3-1-2-4-13)18-9-7-15(8-10-18)17-12-14-5-6-14/h1,3,13-15,17H,2,4-12H2. The summed E-state index contributed by atoms with van der Waals surface area (Å²) in [5, 5.41) is 3.67. The minimum atomic E-state index is 0.372. The molecule has 0 radical (unpaired) electrons. The summed E-state index contributed by atoms with van der Waals surface area (Å²) in [4.78, 5) is 14.3. The van der Waals surface area contributed by atoms with Crippen molar-refractivity contribution in [2.75, 3.05) is 19.6 Å². The molecule has 0 aromatic rings. The molecule has 19 heavy (non-hydrogen) atoms. The number of carbonyl (C=O) groups is 1. The van der Waals surface area contributed by atoms with Crippen LogP contribution in [0.4, 0.5) is 0 Å². The highest BCUT2D eigenvalue weighted by Crippen LogP contribution is 2.28. The van der Waals surface area contributed by atoms with Crippen LogP contribution in [0.3, 0.4) is 0 Å². The smallest absolute Gasteiger partial charge is 0.223 e. The Kier molecular flexibility index (Phi) is 4.21. The Morgan fingerprint density at radius 3 is 2.58 bits per heavy atom. The Morgan fingerprint density at radius 1 is 1.16 bits per heavy atom. The molecule has 1 N–H and O–H groups in total. The van der Waals surface area contributed by atoms with Crippen molar-refractivity contribution in [1.82, 2.24) is 10.2 Å². The Morgan fingerprint density at radius 2 is 1.95 bits per heavy atom. The maximum atomic E-state index is 12.2. The van der Waals surface area contributed by atoms with Gasteiger partial charge in [0.2, 0.25) is 5.91 Å². The van der Waals surface area contributed by atoms with Crippen molar-refractivity contribution in [3.05, 3.63) is 12.2 Å². The van der Waals surface area contributed by atoms with Crippen LogP contribution in [0.2, 0.25) is 0 Å². The Labute approximate surface area is 116 Å². The van der Waals surface area contributed by atoms with Crippen LogP contribution < -0.4 is 5.32 Å². The number of likely N-dealkylation sites (tertiary alicyclic amines) is 1. The van der Waals surface area contributed by atoms with E-state index in [4.69, 9.17) is 0 Å². The molecule has 0 spiro atoms. The van der Waals surface area contributed by atoms with Crippen LogP contribution in [0.15, 0.2) is 12.2 Å². The van der Waals surface area contributed by atoms with Gasteiger partial charge in [0.05, 0.1) is 0 Å². The van der Waals surface area contributed by atoms with Gasteiger partial charge in [-0.2, -0.15) is 0 Å². The number of nitrogens with one attached hydrogen (secondary N) is 1. The molecule has 1 saturated carbocycles. The van der Waals surface area contributed by atoms with Gasteiger partial charge in [-0.3, -0.25) is 4.79 Å². The Hall–Kier alpha value is -0.830. The predicted molar refractivity (Wildman–Crippen MR) is 76.8 cm³/mol. The molecular formula is C16H26N2O. The summed E-state index contributed by atoms with van der Waals surface area (Å²) in [6, 6.07) is 0.649. The summed E-state index contributed by atoms with van der Waals surface area (Å²) in [5.74, 6) is 1.84. The Balaban J connectivity index is 1.36. The third-order valence-corrected chi connectivity index (χ3v) is 4.79. The highest BCUT2D eigenvalue weighted by Gasteiger charge is 2.26. The molecule has 1 saturated heterocycles. The zero-order valence-electron chi connectivity index (χ0n) is 11.8. The highest BCUT2D eigenvalue weighted by molar-refractivity contribution is 5.76. The monoisotopic (exact) mass is 262 g/mol. The molecule has 2 aliphatic carbocycles. The van der Waals surface area contributed by atoms with Crippen LogP contribution in [0, 0.1) is 11.8 Å². The molecule has 0 aromatic heterocycles. The average Bonchev–Trinajstić information content (AvgIpc) is 3.13. The van der Waals surface area contributed by atoms with E-state index in [0.717, 1.165) is 44.7 Å². The van der Waals surface area contributed by atoms with Gasteiger partial charge in [-0.05, 0) is 56.9 Å². The zero-order valence-corrected chi connectivity index (χ0v) is 11.8. The van der Waals surface area contributed by atoms with Crippen LogP contribution in [0.5, 0.6) is 0 Å². The van der Waals surface area contributed by atoms with Gasteiger partial charge < -0.3 is 10.2 Å². The number of hydrogen-bond acceptors (Lipinski definition) is 2. The summed E-state index contributed by atoms with van der Waals surface area (Å²) in [7, 11) is 0. The van der Waals surface area contributed by atoms with E-state index >= 15 is 0 Å². The molecule has 106 valence electrons. The molecule has 0 bridgehead atoms. The van der Waals surface area contributed by atoms with Crippen molar-refractivity contribution in [3.63, 3.8) is 0 Å². The van der Waals surface area contributed by atoms with Crippen molar-refractivity contribution < 1.29 is 4.79 Å². The molecule has 3 heteroatoms. The van der Waals surface area contributed by atoms with Crippen LogP contribution in [-0.2, 0) is 4.79 Å². The number of piperidine rings is 1. The summed E-state index contributed by atoms with van der Waals surface area (Å²) in [6.45, 7) is 3.11. The molecule has 3 nitrogen and oxygen atoms in total. The SMILES string of the molecule is O=C(CC1C=CCC1)N1CCC(NCC2CC2)CC1. The van der Waals surface area contributed by atoms with Crippen molar-refractivity contribution in [3.8, 4) is 0 Å². The first-order valence-electron chi connectivity index (χ1n) is 7.99. The molecule has 1 heterocycles. The van der Waals surface area contributed by atoms with E-state index in [0.29, 0.717) is 17.9 Å². The summed E-state index contributed by atoms with van der Waals surface area (Å²) >= 11 is 0. The second kappa shape index (κ2) is 6.08. The van der Waals surface area contributed by atoms with Crippen LogP contribution in [0.1, 0.15) is 44.9 Å². The first-order chi connectivity index (χ1) is 9.31. The van der Waals surface area contributed by atoms with Gasteiger partial charge in [-0.25, -0.2) is 0 Å². The van der Waals surface area contributed by atoms with E-state index in [1.165, 1.54) is 25.8 Å². The van der Waals surface area contributed by atoms with Crippen LogP contribution in [-0.4, -0.2) is 36.5 Å². The van der Waals surface area contributed by atoms with Gasteiger partial charge in [0.1, 0.15) is 0 Å². The van der Waals surface area contributed by atoms with Crippen LogP contribution >= 0.6 is 0 Å². The third-order valence-electron chi connectivity index (χ3n) is 4.79. The number of amides is 1. The molecule has 0 aromatic carbocycles. The molecule has 3 rings (SSSR count). The Bertz CT molecular complexity index is 341.